The van der Waals surface area contributed by atoms with E-state index in [9.17, 15) is 14.4 Å². The fraction of sp³-hybridized carbons (Fsp3) is 0.550. The third-order valence-corrected chi connectivity index (χ3v) is 4.77. The van der Waals surface area contributed by atoms with Crippen LogP contribution in [0.1, 0.15) is 56.0 Å². The minimum absolute atomic E-state index is 0.00291. The van der Waals surface area contributed by atoms with Gasteiger partial charge in [0.1, 0.15) is 0 Å². The van der Waals surface area contributed by atoms with Crippen LogP contribution in [-0.2, 0) is 19.7 Å². The maximum atomic E-state index is 12.3. The van der Waals surface area contributed by atoms with E-state index < -0.39 is 17.4 Å². The maximum Gasteiger partial charge on any atom is 0.305 e. The van der Waals surface area contributed by atoms with Crippen molar-refractivity contribution >= 4 is 17.8 Å². The minimum atomic E-state index is -0.972. The van der Waals surface area contributed by atoms with Crippen LogP contribution in [0.5, 0.6) is 0 Å². The number of ether oxygens (including phenoxy) is 1. The van der Waals surface area contributed by atoms with Crippen molar-refractivity contribution in [1.82, 2.24) is 10.6 Å². The van der Waals surface area contributed by atoms with Crippen molar-refractivity contribution in [2.75, 3.05) is 19.8 Å². The molecule has 0 atom stereocenters. The van der Waals surface area contributed by atoms with Gasteiger partial charge in [-0.2, -0.15) is 0 Å². The van der Waals surface area contributed by atoms with E-state index >= 15 is 0 Å². The summed E-state index contributed by atoms with van der Waals surface area (Å²) in [5.74, 6) is -1.72. The van der Waals surface area contributed by atoms with Crippen molar-refractivity contribution in [2.45, 2.75) is 51.0 Å². The highest BCUT2D eigenvalue weighted by Gasteiger charge is 2.36. The number of hydrogen-bond acceptors (Lipinski definition) is 4. The molecule has 1 aromatic carbocycles. The average Bonchev–Trinajstić information content (AvgIpc) is 2.59. The first-order chi connectivity index (χ1) is 12.6. The van der Waals surface area contributed by atoms with Gasteiger partial charge in [0.15, 0.2) is 0 Å². The first kappa shape index (κ1) is 20.9. The van der Waals surface area contributed by atoms with Gasteiger partial charge in [-0.1, -0.05) is 32.9 Å². The molecule has 2 amide bonds. The van der Waals surface area contributed by atoms with Crippen molar-refractivity contribution in [2.24, 2.45) is 0 Å². The number of nitrogens with one attached hydrogen (secondary N) is 2. The van der Waals surface area contributed by atoms with Gasteiger partial charge in [-0.25, -0.2) is 0 Å². The topological polar surface area (TPSA) is 105 Å². The second-order valence-corrected chi connectivity index (χ2v) is 8.02. The van der Waals surface area contributed by atoms with Crippen molar-refractivity contribution in [3.05, 3.63) is 35.4 Å². The standard InChI is InChI=1S/C20H28N2O5/c1-19(2,3)15-6-4-14(5-7-15)18(26)21-13-16(23)22-20(12-17(24)25)8-10-27-11-9-20/h4-7H,8-13H2,1-3H3,(H,21,26)(H,22,23)(H,24,25). The molecule has 0 unspecified atom stereocenters. The molecule has 1 aliphatic heterocycles. The summed E-state index contributed by atoms with van der Waals surface area (Å²) in [5, 5.41) is 14.5. The van der Waals surface area contributed by atoms with E-state index in [1.165, 1.54) is 0 Å². The van der Waals surface area contributed by atoms with Crippen molar-refractivity contribution in [3.63, 3.8) is 0 Å². The van der Waals surface area contributed by atoms with Gasteiger partial charge in [-0.05, 0) is 36.0 Å². The molecule has 0 saturated carbocycles. The molecule has 148 valence electrons. The lowest BCUT2D eigenvalue weighted by atomic mass is 9.86. The number of carbonyl (C=O) groups is 3. The minimum Gasteiger partial charge on any atom is -0.481 e. The van der Waals surface area contributed by atoms with Crippen molar-refractivity contribution < 1.29 is 24.2 Å². The van der Waals surface area contributed by atoms with Gasteiger partial charge in [0.25, 0.3) is 5.91 Å². The molecule has 1 fully saturated rings. The Morgan fingerprint density at radius 2 is 1.70 bits per heavy atom. The SMILES string of the molecule is CC(C)(C)c1ccc(C(=O)NCC(=O)NC2(CC(=O)O)CCOCC2)cc1. The van der Waals surface area contributed by atoms with Crippen LogP contribution < -0.4 is 10.6 Å². The molecular formula is C20H28N2O5. The van der Waals surface area contributed by atoms with Crippen molar-refractivity contribution in [3.8, 4) is 0 Å². The highest BCUT2D eigenvalue weighted by atomic mass is 16.5. The first-order valence-corrected chi connectivity index (χ1v) is 9.11. The summed E-state index contributed by atoms with van der Waals surface area (Å²) < 4.78 is 5.26. The number of benzene rings is 1. The monoisotopic (exact) mass is 376 g/mol. The molecule has 0 bridgehead atoms. The fourth-order valence-corrected chi connectivity index (χ4v) is 3.12. The van der Waals surface area contributed by atoms with Crippen LogP contribution in [-0.4, -0.2) is 48.2 Å². The first-order valence-electron chi connectivity index (χ1n) is 9.11. The molecule has 0 aromatic heterocycles. The Balaban J connectivity index is 1.92. The lowest BCUT2D eigenvalue weighted by Gasteiger charge is -2.36. The van der Waals surface area contributed by atoms with E-state index in [1.807, 2.05) is 12.1 Å². The number of carbonyl (C=O) groups excluding carboxylic acids is 2. The summed E-state index contributed by atoms with van der Waals surface area (Å²) >= 11 is 0. The van der Waals surface area contributed by atoms with E-state index in [0.717, 1.165) is 5.56 Å². The summed E-state index contributed by atoms with van der Waals surface area (Å²) in [6.45, 7) is 6.88. The molecule has 1 heterocycles. The zero-order valence-corrected chi connectivity index (χ0v) is 16.1. The van der Waals surface area contributed by atoms with Gasteiger partial charge in [0.05, 0.1) is 18.5 Å². The Kier molecular flexibility index (Phi) is 6.59. The summed E-state index contributed by atoms with van der Waals surface area (Å²) in [4.78, 5) is 35.7. The number of carboxylic acids is 1. The summed E-state index contributed by atoms with van der Waals surface area (Å²) in [5.41, 5.74) is 0.770. The van der Waals surface area contributed by atoms with Gasteiger partial charge in [0.2, 0.25) is 5.91 Å². The van der Waals surface area contributed by atoms with Crippen LogP contribution in [0.15, 0.2) is 24.3 Å². The predicted octanol–water partition coefficient (Wildman–Crippen LogP) is 1.85. The molecule has 7 heteroatoms. The molecule has 1 aromatic rings. The summed E-state index contributed by atoms with van der Waals surface area (Å²) in [6.07, 6.45) is 0.713. The summed E-state index contributed by atoms with van der Waals surface area (Å²) in [6, 6.07) is 7.27. The van der Waals surface area contributed by atoms with E-state index in [-0.39, 0.29) is 24.3 Å². The molecule has 0 spiro atoms. The number of amides is 2. The highest BCUT2D eigenvalue weighted by molar-refractivity contribution is 5.96. The molecule has 27 heavy (non-hydrogen) atoms. The Morgan fingerprint density at radius 1 is 1.11 bits per heavy atom. The lowest BCUT2D eigenvalue weighted by Crippen LogP contribution is -2.55. The molecule has 1 aliphatic rings. The molecule has 0 radical (unpaired) electrons. The van der Waals surface area contributed by atoms with Gasteiger partial charge in [-0.15, -0.1) is 0 Å². The van der Waals surface area contributed by atoms with Crippen molar-refractivity contribution in [1.29, 1.82) is 0 Å². The van der Waals surface area contributed by atoms with Crippen LogP contribution in [0.25, 0.3) is 0 Å². The normalized spacial score (nSPS) is 16.4. The van der Waals surface area contributed by atoms with E-state index in [1.54, 1.807) is 12.1 Å². The third kappa shape index (κ3) is 6.06. The third-order valence-electron chi connectivity index (χ3n) is 4.77. The van der Waals surface area contributed by atoms with E-state index in [0.29, 0.717) is 31.6 Å². The number of carboxylic acid groups (broad SMARTS) is 1. The Bertz CT molecular complexity index is 685. The van der Waals surface area contributed by atoms with Gasteiger partial charge >= 0.3 is 5.97 Å². The van der Waals surface area contributed by atoms with Gasteiger partial charge in [0, 0.05) is 18.8 Å². The van der Waals surface area contributed by atoms with Crippen LogP contribution in [0.3, 0.4) is 0 Å². The molecule has 0 aliphatic carbocycles. The number of aliphatic carboxylic acids is 1. The number of rotatable bonds is 6. The van der Waals surface area contributed by atoms with E-state index in [2.05, 4.69) is 31.4 Å². The highest BCUT2D eigenvalue weighted by Crippen LogP contribution is 2.24. The number of hydrogen-bond donors (Lipinski definition) is 3. The Morgan fingerprint density at radius 3 is 2.22 bits per heavy atom. The van der Waals surface area contributed by atoms with E-state index in [4.69, 9.17) is 9.84 Å². The van der Waals surface area contributed by atoms with Crippen LogP contribution >= 0.6 is 0 Å². The molecule has 2 rings (SSSR count). The molecule has 7 nitrogen and oxygen atoms in total. The predicted molar refractivity (Wildman–Crippen MR) is 101 cm³/mol. The second kappa shape index (κ2) is 8.52. The van der Waals surface area contributed by atoms with Crippen LogP contribution in [0, 0.1) is 0 Å². The Hall–Kier alpha value is -2.41. The summed E-state index contributed by atoms with van der Waals surface area (Å²) in [7, 11) is 0. The zero-order valence-electron chi connectivity index (χ0n) is 16.1. The largest absolute Gasteiger partial charge is 0.481 e. The lowest BCUT2D eigenvalue weighted by molar-refractivity contribution is -0.140. The second-order valence-electron chi connectivity index (χ2n) is 8.02. The Labute approximate surface area is 159 Å². The fourth-order valence-electron chi connectivity index (χ4n) is 3.12. The molecule has 1 saturated heterocycles. The molecular weight excluding hydrogens is 348 g/mol. The smallest absolute Gasteiger partial charge is 0.305 e. The van der Waals surface area contributed by atoms with Crippen LogP contribution in [0.4, 0.5) is 0 Å². The zero-order chi connectivity index (χ0) is 20.1. The maximum absolute atomic E-state index is 12.3. The average molecular weight is 376 g/mol. The van der Waals surface area contributed by atoms with Gasteiger partial charge < -0.3 is 20.5 Å². The quantitative estimate of drug-likeness (QED) is 0.703. The van der Waals surface area contributed by atoms with Crippen LogP contribution in [0.2, 0.25) is 0 Å². The molecule has 3 N–H and O–H groups in total. The van der Waals surface area contributed by atoms with Gasteiger partial charge in [-0.3, -0.25) is 14.4 Å².